The fourth-order valence-corrected chi connectivity index (χ4v) is 3.28. The third-order valence-electron chi connectivity index (χ3n) is 4.98. The number of hydrogen-bond donors (Lipinski definition) is 4. The molecule has 0 saturated heterocycles. The normalized spacial score (nSPS) is 12.0. The Labute approximate surface area is 240 Å². The van der Waals surface area contributed by atoms with Gasteiger partial charge in [-0.25, -0.2) is 14.4 Å². The summed E-state index contributed by atoms with van der Waals surface area (Å²) in [6.45, 7) is 10.9. The molecular formula is C28H43N3O10. The summed E-state index contributed by atoms with van der Waals surface area (Å²) < 4.78 is 20.2. The predicted octanol–water partition coefficient (Wildman–Crippen LogP) is 3.11. The molecule has 0 heterocycles. The smallest absolute Gasteiger partial charge is 0.407 e. The highest BCUT2D eigenvalue weighted by Crippen LogP contribution is 2.28. The summed E-state index contributed by atoms with van der Waals surface area (Å²) in [5, 5.41) is 18.0. The third-order valence-corrected chi connectivity index (χ3v) is 4.98. The molecule has 0 fully saturated rings. The van der Waals surface area contributed by atoms with Gasteiger partial charge in [-0.05, 0) is 72.1 Å². The van der Waals surface area contributed by atoms with Crippen molar-refractivity contribution in [2.24, 2.45) is 0 Å². The van der Waals surface area contributed by atoms with E-state index in [1.165, 1.54) is 19.2 Å². The van der Waals surface area contributed by atoms with Crippen molar-refractivity contribution in [3.63, 3.8) is 0 Å². The largest absolute Gasteiger partial charge is 0.504 e. The van der Waals surface area contributed by atoms with Gasteiger partial charge in [0.2, 0.25) is 5.91 Å². The summed E-state index contributed by atoms with van der Waals surface area (Å²) in [7, 11) is 1.19. The van der Waals surface area contributed by atoms with Crippen molar-refractivity contribution < 1.29 is 48.0 Å². The maximum Gasteiger partial charge on any atom is 0.407 e. The van der Waals surface area contributed by atoms with Crippen LogP contribution in [0.3, 0.4) is 0 Å². The first-order valence-electron chi connectivity index (χ1n) is 13.3. The molecule has 0 bridgehead atoms. The molecule has 0 aliphatic heterocycles. The number of phenolic OH excluding ortho intramolecular Hbond substituents is 1. The predicted molar refractivity (Wildman–Crippen MR) is 148 cm³/mol. The summed E-state index contributed by atoms with van der Waals surface area (Å²) in [4.78, 5) is 60.1. The Balaban J connectivity index is 2.56. The van der Waals surface area contributed by atoms with Gasteiger partial charge in [-0.15, -0.1) is 0 Å². The Morgan fingerprint density at radius 1 is 0.854 bits per heavy atom. The summed E-state index contributed by atoms with van der Waals surface area (Å²) >= 11 is 0. The van der Waals surface area contributed by atoms with Crippen LogP contribution in [0.2, 0.25) is 0 Å². The number of amides is 3. The van der Waals surface area contributed by atoms with Crippen LogP contribution < -0.4 is 20.7 Å². The number of carbonyl (C=O) groups is 5. The Kier molecular flexibility index (Phi) is 13.9. The molecule has 1 rings (SSSR count). The Hall–Kier alpha value is -4.03. The number of esters is 2. The average molecular weight is 582 g/mol. The van der Waals surface area contributed by atoms with E-state index in [0.717, 1.165) is 0 Å². The molecule has 4 N–H and O–H groups in total. The van der Waals surface area contributed by atoms with Crippen molar-refractivity contribution in [2.45, 2.75) is 90.9 Å². The maximum absolute atomic E-state index is 12.4. The topological polar surface area (TPSA) is 179 Å². The van der Waals surface area contributed by atoms with Crippen molar-refractivity contribution in [1.29, 1.82) is 0 Å². The van der Waals surface area contributed by atoms with Gasteiger partial charge in [0.05, 0.1) is 7.11 Å². The van der Waals surface area contributed by atoms with E-state index in [1.54, 1.807) is 47.6 Å². The lowest BCUT2D eigenvalue weighted by molar-refractivity contribution is -0.145. The SMILES string of the molecule is COC(=O)[C@H](Cc1ccc(OC(=O)CCCNC(=O)OC(C)(C)C)c(O)c1)NC(=O)CCCNC(=O)OC(C)(C)C. The lowest BCUT2D eigenvalue weighted by Gasteiger charge is -2.20. The highest BCUT2D eigenvalue weighted by molar-refractivity contribution is 5.84. The number of ether oxygens (including phenoxy) is 4. The molecule has 0 unspecified atom stereocenters. The Morgan fingerprint density at radius 3 is 1.88 bits per heavy atom. The molecule has 13 nitrogen and oxygen atoms in total. The minimum absolute atomic E-state index is 0.00664. The highest BCUT2D eigenvalue weighted by atomic mass is 16.6. The molecule has 0 spiro atoms. The van der Waals surface area contributed by atoms with E-state index in [0.29, 0.717) is 18.4 Å². The molecule has 1 atom stereocenters. The summed E-state index contributed by atoms with van der Waals surface area (Å²) in [5.74, 6) is -2.12. The van der Waals surface area contributed by atoms with E-state index in [2.05, 4.69) is 16.0 Å². The van der Waals surface area contributed by atoms with Crippen molar-refractivity contribution in [2.75, 3.05) is 20.2 Å². The van der Waals surface area contributed by atoms with Crippen LogP contribution in [0.1, 0.15) is 72.8 Å². The Bertz CT molecular complexity index is 1060. The zero-order valence-electron chi connectivity index (χ0n) is 24.9. The summed E-state index contributed by atoms with van der Waals surface area (Å²) in [6.07, 6.45) is -0.527. The molecular weight excluding hydrogens is 538 g/mol. The first-order valence-corrected chi connectivity index (χ1v) is 13.3. The van der Waals surface area contributed by atoms with Crippen LogP contribution in [0, 0.1) is 0 Å². The quantitative estimate of drug-likeness (QED) is 0.117. The van der Waals surface area contributed by atoms with E-state index in [9.17, 15) is 29.1 Å². The monoisotopic (exact) mass is 581 g/mol. The van der Waals surface area contributed by atoms with Crippen molar-refractivity contribution in [1.82, 2.24) is 16.0 Å². The van der Waals surface area contributed by atoms with E-state index in [-0.39, 0.29) is 43.9 Å². The second-order valence-corrected chi connectivity index (χ2v) is 11.2. The first kappa shape index (κ1) is 35.0. The van der Waals surface area contributed by atoms with Gasteiger partial charge in [0, 0.05) is 32.4 Å². The van der Waals surface area contributed by atoms with Crippen LogP contribution in [0.5, 0.6) is 11.5 Å². The molecule has 0 aromatic heterocycles. The summed E-state index contributed by atoms with van der Waals surface area (Å²) in [6, 6.07) is 3.20. The number of aromatic hydroxyl groups is 1. The molecule has 0 aliphatic carbocycles. The highest BCUT2D eigenvalue weighted by Gasteiger charge is 2.23. The fourth-order valence-electron chi connectivity index (χ4n) is 3.28. The van der Waals surface area contributed by atoms with Gasteiger partial charge in [-0.2, -0.15) is 0 Å². The van der Waals surface area contributed by atoms with Crippen LogP contribution >= 0.6 is 0 Å². The van der Waals surface area contributed by atoms with Crippen LogP contribution in [0.4, 0.5) is 9.59 Å². The van der Waals surface area contributed by atoms with Crippen molar-refractivity contribution >= 4 is 30.0 Å². The van der Waals surface area contributed by atoms with Gasteiger partial charge in [-0.1, -0.05) is 6.07 Å². The van der Waals surface area contributed by atoms with Crippen LogP contribution in [0.25, 0.3) is 0 Å². The van der Waals surface area contributed by atoms with E-state index in [1.807, 2.05) is 0 Å². The molecule has 1 aromatic carbocycles. The van der Waals surface area contributed by atoms with E-state index in [4.69, 9.17) is 18.9 Å². The zero-order valence-corrected chi connectivity index (χ0v) is 24.9. The van der Waals surface area contributed by atoms with E-state index < -0.39 is 47.3 Å². The molecule has 13 heteroatoms. The third kappa shape index (κ3) is 16.0. The zero-order chi connectivity index (χ0) is 31.2. The fraction of sp³-hybridized carbons (Fsp3) is 0.607. The second kappa shape index (κ2) is 16.3. The molecule has 3 amide bonds. The van der Waals surface area contributed by atoms with Gasteiger partial charge < -0.3 is 40.0 Å². The van der Waals surface area contributed by atoms with Gasteiger partial charge in [0.25, 0.3) is 0 Å². The lowest BCUT2D eigenvalue weighted by atomic mass is 10.0. The number of alkyl carbamates (subject to hydrolysis) is 2. The number of nitrogens with one attached hydrogen (secondary N) is 3. The maximum atomic E-state index is 12.4. The first-order chi connectivity index (χ1) is 19.0. The van der Waals surface area contributed by atoms with Crippen LogP contribution in [-0.2, 0) is 35.0 Å². The minimum atomic E-state index is -1.03. The molecule has 41 heavy (non-hydrogen) atoms. The minimum Gasteiger partial charge on any atom is -0.504 e. The number of hydrogen-bond acceptors (Lipinski definition) is 10. The number of rotatable bonds is 13. The molecule has 0 radical (unpaired) electrons. The lowest BCUT2D eigenvalue weighted by Crippen LogP contribution is -2.43. The number of methoxy groups -OCH3 is 1. The van der Waals surface area contributed by atoms with Gasteiger partial charge in [0.1, 0.15) is 17.2 Å². The summed E-state index contributed by atoms with van der Waals surface area (Å²) in [5.41, 5.74) is -0.783. The molecule has 1 aromatic rings. The molecule has 0 aliphatic rings. The number of benzene rings is 1. The number of carbonyl (C=O) groups excluding carboxylic acids is 5. The van der Waals surface area contributed by atoms with Crippen LogP contribution in [-0.4, -0.2) is 72.6 Å². The van der Waals surface area contributed by atoms with Crippen LogP contribution in [0.15, 0.2) is 18.2 Å². The van der Waals surface area contributed by atoms with Crippen molar-refractivity contribution in [3.05, 3.63) is 23.8 Å². The molecule has 230 valence electrons. The van der Waals surface area contributed by atoms with Gasteiger partial charge in [-0.3, -0.25) is 9.59 Å². The Morgan fingerprint density at radius 2 is 1.39 bits per heavy atom. The van der Waals surface area contributed by atoms with Crippen molar-refractivity contribution in [3.8, 4) is 11.5 Å². The van der Waals surface area contributed by atoms with E-state index >= 15 is 0 Å². The molecule has 0 saturated carbocycles. The standard InChI is InChI=1S/C28H43N3O10/c1-27(2,3)40-25(36)29-14-8-10-22(33)31-19(24(35)38-7)16-18-12-13-21(20(32)17-18)39-23(34)11-9-15-30-26(37)41-28(4,5)6/h12-13,17,19,32H,8-11,14-16H2,1-7H3,(H,29,36)(H,30,37)(H,31,33)/t19-/m0/s1. The number of phenols is 1. The second-order valence-electron chi connectivity index (χ2n) is 11.2. The van der Waals surface area contributed by atoms with Gasteiger partial charge in [0.15, 0.2) is 11.5 Å². The average Bonchev–Trinajstić information content (AvgIpc) is 2.83. The van der Waals surface area contributed by atoms with Gasteiger partial charge >= 0.3 is 24.1 Å².